The number of amides is 7. The van der Waals surface area contributed by atoms with E-state index in [9.17, 15) is 53.7 Å². The van der Waals surface area contributed by atoms with Gasteiger partial charge in [0.15, 0.2) is 0 Å². The number of rotatable bonds is 30. The number of aromatic hydroxyl groups is 1. The third-order valence-electron chi connectivity index (χ3n) is 12.5. The van der Waals surface area contributed by atoms with Crippen LogP contribution in [0.4, 0.5) is 0 Å². The number of H-pyrrole nitrogens is 1. The van der Waals surface area contributed by atoms with Gasteiger partial charge in [0.1, 0.15) is 48.0 Å². The number of thiol groups is 2. The number of nitrogens with one attached hydrogen (secondary N) is 8. The molecule has 1 aromatic heterocycles. The highest BCUT2D eigenvalue weighted by atomic mass is 32.1. The maximum atomic E-state index is 14.8. The maximum absolute atomic E-state index is 14.8. The zero-order valence-corrected chi connectivity index (χ0v) is 44.2. The van der Waals surface area contributed by atoms with E-state index in [4.69, 9.17) is 11.5 Å². The number of para-hydroxylation sites is 1. The monoisotopic (exact) mass is 1100 g/mol. The fraction of sp³-hybridized carbons (Fsp3) is 0.370. The van der Waals surface area contributed by atoms with Crippen LogP contribution in [0.3, 0.4) is 0 Å². The molecular weight excluding hydrogens is 1030 g/mol. The first-order valence-electron chi connectivity index (χ1n) is 25.0. The van der Waals surface area contributed by atoms with E-state index in [0.29, 0.717) is 35.1 Å². The first-order chi connectivity index (χ1) is 36.9. The van der Waals surface area contributed by atoms with Crippen LogP contribution in [0.25, 0.3) is 10.9 Å². The van der Waals surface area contributed by atoms with Gasteiger partial charge in [-0.05, 0) is 73.2 Å². The number of carboxylic acid groups (broad SMARTS) is 1. The first kappa shape index (κ1) is 60.4. The molecular formula is C54H68N10O11S2. The van der Waals surface area contributed by atoms with Crippen LogP contribution >= 0.6 is 25.3 Å². The van der Waals surface area contributed by atoms with Gasteiger partial charge in [-0.3, -0.25) is 33.6 Å². The normalized spacial score (nSPS) is 14.7. The molecule has 412 valence electrons. The molecule has 0 aliphatic carbocycles. The highest BCUT2D eigenvalue weighted by Crippen LogP contribution is 2.20. The van der Waals surface area contributed by atoms with Crippen LogP contribution in [-0.2, 0) is 64.0 Å². The minimum absolute atomic E-state index is 0.00488. The van der Waals surface area contributed by atoms with Crippen LogP contribution in [0.5, 0.6) is 5.75 Å². The summed E-state index contributed by atoms with van der Waals surface area (Å²) in [5.41, 5.74) is 14.9. The number of aromatic nitrogens is 1. The molecule has 15 N–H and O–H groups in total. The molecule has 0 spiro atoms. The predicted molar refractivity (Wildman–Crippen MR) is 296 cm³/mol. The third kappa shape index (κ3) is 18.7. The molecule has 0 fully saturated rings. The van der Waals surface area contributed by atoms with Crippen LogP contribution in [0, 0.1) is 0 Å². The summed E-state index contributed by atoms with van der Waals surface area (Å²) in [5.74, 6) is -7.61. The first-order valence-corrected chi connectivity index (χ1v) is 26.3. The Bertz CT molecular complexity index is 2770. The third-order valence-corrected chi connectivity index (χ3v) is 13.3. The number of unbranched alkanes of at least 4 members (excludes halogenated alkanes) is 1. The number of phenolic OH excluding ortho intramolecular Hbond substituents is 1. The molecule has 5 rings (SSSR count). The number of carboxylic acids is 1. The van der Waals surface area contributed by atoms with E-state index in [1.54, 1.807) is 72.9 Å². The number of carbonyl (C=O) groups excluding carboxylic acids is 7. The zero-order chi connectivity index (χ0) is 56.0. The van der Waals surface area contributed by atoms with Crippen molar-refractivity contribution in [1.29, 1.82) is 0 Å². The number of phenols is 1. The lowest BCUT2D eigenvalue weighted by molar-refractivity contribution is -0.141. The van der Waals surface area contributed by atoms with Gasteiger partial charge in [-0.15, -0.1) is 0 Å². The van der Waals surface area contributed by atoms with Crippen molar-refractivity contribution in [1.82, 2.24) is 42.2 Å². The highest BCUT2D eigenvalue weighted by Gasteiger charge is 2.36. The molecule has 23 heteroatoms. The van der Waals surface area contributed by atoms with Gasteiger partial charge in [0.2, 0.25) is 41.4 Å². The summed E-state index contributed by atoms with van der Waals surface area (Å²) < 4.78 is 0. The van der Waals surface area contributed by atoms with Gasteiger partial charge in [-0.1, -0.05) is 91.0 Å². The van der Waals surface area contributed by atoms with E-state index in [0.717, 1.165) is 10.9 Å². The smallest absolute Gasteiger partial charge is 0.327 e. The molecule has 5 aromatic rings. The number of carbonyl (C=O) groups is 8. The summed E-state index contributed by atoms with van der Waals surface area (Å²) in [6.07, 6.45) is 0.431. The van der Waals surface area contributed by atoms with Gasteiger partial charge in [0.05, 0.1) is 12.1 Å². The topological polar surface area (TPSA) is 349 Å². The van der Waals surface area contributed by atoms with Crippen molar-refractivity contribution in [2.75, 3.05) is 18.1 Å². The number of aromatic amines is 1. The highest BCUT2D eigenvalue weighted by molar-refractivity contribution is 7.80. The quantitative estimate of drug-likeness (QED) is 0.0218. The Balaban J connectivity index is 1.45. The van der Waals surface area contributed by atoms with Gasteiger partial charge in [0.25, 0.3) is 0 Å². The fourth-order valence-electron chi connectivity index (χ4n) is 8.24. The van der Waals surface area contributed by atoms with E-state index in [2.05, 4.69) is 67.5 Å². The van der Waals surface area contributed by atoms with Crippen molar-refractivity contribution in [3.63, 3.8) is 0 Å². The summed E-state index contributed by atoms with van der Waals surface area (Å²) >= 11 is 8.14. The zero-order valence-electron chi connectivity index (χ0n) is 42.4. The SMILES string of the molecule is C[C@@H](O)[C@H](NC(=O)[C@H](CCCCN)NC(=O)[C@@H](Cc1c[nH]c2ccccc12)NC(=O)[C@H](Cc1ccccc1)NC(=O)[C@H](Cc1ccccc1)NC(=O)[C@@H](N)CS)C(=O)N[C@@H](Cc1ccc(O)cc1)C(=O)N[C@@H](CS)C(=O)O. The Labute approximate surface area is 456 Å². The standard InChI is InChI=1S/C54H68N10O11S2/c1-31(65)46(53(73)62-43(26-34-19-21-36(66)22-20-34)51(71)63-45(30-77)54(74)75)64-48(68)40(18-10-11-23-55)58-52(72)44(27-35-28-57-39-17-9-8-16-37(35)39)61-50(70)42(25-33-14-6-3-7-15-33)60-49(69)41(59-47(67)38(56)29-76)24-32-12-4-2-5-13-32/h2-9,12-17,19-22,28,31,38,40-46,57,65-66,76-77H,10-11,18,23-27,29-30,55-56H2,1H3,(H,58,72)(H,59,67)(H,60,69)(H,61,70)(H,62,73)(H,63,71)(H,64,68)(H,74,75)/t31-,38+,40+,41+,42+,43+,44-,45+,46+/m1/s1. The van der Waals surface area contributed by atoms with Crippen molar-refractivity contribution in [3.05, 3.63) is 138 Å². The number of hydrogen-bond donors (Lipinski definition) is 15. The van der Waals surface area contributed by atoms with Crippen molar-refractivity contribution in [3.8, 4) is 5.75 Å². The summed E-state index contributed by atoms with van der Waals surface area (Å²) in [4.78, 5) is 114. The number of aliphatic hydroxyl groups excluding tert-OH is 1. The molecule has 1 heterocycles. The molecule has 0 aliphatic heterocycles. The lowest BCUT2D eigenvalue weighted by atomic mass is 10.00. The second kappa shape index (κ2) is 30.3. The number of nitrogens with two attached hydrogens (primary N) is 2. The molecule has 0 unspecified atom stereocenters. The second-order valence-electron chi connectivity index (χ2n) is 18.5. The summed E-state index contributed by atoms with van der Waals surface area (Å²) in [6, 6.07) is 19.6. The number of aliphatic hydroxyl groups is 1. The Morgan fingerprint density at radius 1 is 0.532 bits per heavy atom. The fourth-order valence-corrected chi connectivity index (χ4v) is 8.66. The average Bonchev–Trinajstić information content (AvgIpc) is 3.83. The number of hydrogen-bond acceptors (Lipinski definition) is 14. The van der Waals surface area contributed by atoms with Gasteiger partial charge in [0, 0.05) is 54.3 Å². The molecule has 4 aromatic carbocycles. The summed E-state index contributed by atoms with van der Waals surface area (Å²) in [5, 5.41) is 49.5. The molecule has 0 aliphatic rings. The van der Waals surface area contributed by atoms with Crippen LogP contribution in [0.15, 0.2) is 115 Å². The predicted octanol–water partition coefficient (Wildman–Crippen LogP) is 0.319. The lowest BCUT2D eigenvalue weighted by Crippen LogP contribution is -2.62. The number of benzene rings is 4. The Kier molecular flexibility index (Phi) is 23.8. The van der Waals surface area contributed by atoms with E-state index in [1.807, 2.05) is 18.2 Å². The van der Waals surface area contributed by atoms with Gasteiger partial charge < -0.3 is 69.0 Å². The molecule has 0 radical (unpaired) electrons. The summed E-state index contributed by atoms with van der Waals surface area (Å²) in [7, 11) is 0. The number of aliphatic carboxylic acids is 1. The minimum Gasteiger partial charge on any atom is -0.508 e. The van der Waals surface area contributed by atoms with E-state index in [1.165, 1.54) is 31.2 Å². The molecule has 0 saturated heterocycles. The molecule has 7 amide bonds. The van der Waals surface area contributed by atoms with Crippen LogP contribution in [0.2, 0.25) is 0 Å². The van der Waals surface area contributed by atoms with E-state index < -0.39 is 102 Å². The van der Waals surface area contributed by atoms with Crippen LogP contribution < -0.4 is 48.7 Å². The molecule has 0 saturated carbocycles. The van der Waals surface area contributed by atoms with E-state index >= 15 is 0 Å². The second-order valence-corrected chi connectivity index (χ2v) is 19.2. The molecule has 21 nitrogen and oxygen atoms in total. The summed E-state index contributed by atoms with van der Waals surface area (Å²) in [6.45, 7) is 1.45. The molecule has 0 bridgehead atoms. The largest absolute Gasteiger partial charge is 0.508 e. The van der Waals surface area contributed by atoms with Gasteiger partial charge >= 0.3 is 5.97 Å². The van der Waals surface area contributed by atoms with Crippen LogP contribution in [-0.4, -0.2) is 140 Å². The van der Waals surface area contributed by atoms with Crippen molar-refractivity contribution < 1.29 is 53.7 Å². The minimum atomic E-state index is -1.74. The van der Waals surface area contributed by atoms with Crippen molar-refractivity contribution in [2.24, 2.45) is 11.5 Å². The molecule has 9 atom stereocenters. The Hall–Kier alpha value is -7.44. The number of fused-ring (bicyclic) bond motifs is 1. The Morgan fingerprint density at radius 3 is 1.47 bits per heavy atom. The van der Waals surface area contributed by atoms with Gasteiger partial charge in [-0.25, -0.2) is 4.79 Å². The van der Waals surface area contributed by atoms with Crippen LogP contribution in [0.1, 0.15) is 48.4 Å². The Morgan fingerprint density at radius 2 is 0.974 bits per heavy atom. The van der Waals surface area contributed by atoms with Crippen molar-refractivity contribution in [2.45, 2.75) is 106 Å². The van der Waals surface area contributed by atoms with Gasteiger partial charge in [-0.2, -0.15) is 25.3 Å². The van der Waals surface area contributed by atoms with Crippen molar-refractivity contribution >= 4 is 83.5 Å². The maximum Gasteiger partial charge on any atom is 0.327 e. The average molecular weight is 1100 g/mol. The molecule has 77 heavy (non-hydrogen) atoms. The van der Waals surface area contributed by atoms with E-state index in [-0.39, 0.29) is 55.9 Å². The lowest BCUT2D eigenvalue weighted by Gasteiger charge is -2.29.